The Morgan fingerprint density at radius 3 is 2.79 bits per heavy atom. The summed E-state index contributed by atoms with van der Waals surface area (Å²) in [5, 5.41) is 9.12. The number of hydrogen-bond donors (Lipinski definition) is 0. The molecule has 4 nitrogen and oxygen atoms in total. The van der Waals surface area contributed by atoms with Gasteiger partial charge in [0.2, 0.25) is 0 Å². The monoisotopic (exact) mass is 339 g/mol. The van der Waals surface area contributed by atoms with E-state index in [1.165, 1.54) is 0 Å². The molecule has 0 unspecified atom stereocenters. The fourth-order valence-electron chi connectivity index (χ4n) is 1.40. The van der Waals surface area contributed by atoms with Crippen LogP contribution in [0.4, 0.5) is 0 Å². The van der Waals surface area contributed by atoms with Crippen LogP contribution < -0.4 is 4.74 Å². The van der Waals surface area contributed by atoms with Crippen molar-refractivity contribution in [3.8, 4) is 5.75 Å². The minimum Gasteiger partial charge on any atom is -0.486 e. The van der Waals surface area contributed by atoms with Crippen LogP contribution in [0.15, 0.2) is 46.5 Å². The van der Waals surface area contributed by atoms with Crippen LogP contribution >= 0.6 is 27.7 Å². The Morgan fingerprint density at radius 1 is 1.37 bits per heavy atom. The molecule has 0 radical (unpaired) electrons. The zero-order valence-corrected chi connectivity index (χ0v) is 12.9. The van der Waals surface area contributed by atoms with Gasteiger partial charge in [-0.05, 0) is 16.6 Å². The van der Waals surface area contributed by atoms with Crippen molar-refractivity contribution < 1.29 is 4.74 Å². The third-order valence-corrected chi connectivity index (χ3v) is 4.15. The van der Waals surface area contributed by atoms with Crippen molar-refractivity contribution in [1.82, 2.24) is 14.8 Å². The van der Waals surface area contributed by atoms with E-state index in [9.17, 15) is 0 Å². The molecule has 0 spiro atoms. The topological polar surface area (TPSA) is 39.9 Å². The van der Waals surface area contributed by atoms with Gasteiger partial charge < -0.3 is 9.30 Å². The third-order valence-electron chi connectivity index (χ3n) is 2.39. The average molecular weight is 340 g/mol. The summed E-state index contributed by atoms with van der Waals surface area (Å²) in [6.07, 6.45) is 0. The van der Waals surface area contributed by atoms with E-state index in [1.807, 2.05) is 41.9 Å². The molecule has 0 saturated carbocycles. The maximum atomic E-state index is 5.65. The lowest BCUT2D eigenvalue weighted by Crippen LogP contribution is -2.04. The number of para-hydroxylation sites is 1. The maximum absolute atomic E-state index is 5.65. The van der Waals surface area contributed by atoms with Crippen molar-refractivity contribution in [2.45, 2.75) is 11.8 Å². The van der Waals surface area contributed by atoms with Crippen LogP contribution in [0.25, 0.3) is 0 Å². The fraction of sp³-hybridized carbons (Fsp3) is 0.231. The predicted octanol–water partition coefficient (Wildman–Crippen LogP) is 3.39. The van der Waals surface area contributed by atoms with Crippen molar-refractivity contribution >= 4 is 27.7 Å². The minimum absolute atomic E-state index is 0.406. The molecule has 0 fully saturated rings. The first kappa shape index (κ1) is 14.1. The smallest absolute Gasteiger partial charge is 0.191 e. The van der Waals surface area contributed by atoms with Gasteiger partial charge in [-0.25, -0.2) is 0 Å². The van der Waals surface area contributed by atoms with E-state index in [0.717, 1.165) is 27.0 Å². The Hall–Kier alpha value is -1.27. The molecule has 100 valence electrons. The van der Waals surface area contributed by atoms with Gasteiger partial charge in [-0.1, -0.05) is 52.5 Å². The summed E-state index contributed by atoms with van der Waals surface area (Å²) in [6.45, 7) is 4.20. The van der Waals surface area contributed by atoms with Gasteiger partial charge in [0.15, 0.2) is 11.0 Å². The van der Waals surface area contributed by atoms with Gasteiger partial charge in [0.05, 0.1) is 0 Å². The molecular weight excluding hydrogens is 326 g/mol. The van der Waals surface area contributed by atoms with Crippen LogP contribution in [0.1, 0.15) is 5.82 Å². The largest absolute Gasteiger partial charge is 0.486 e. The van der Waals surface area contributed by atoms with Crippen molar-refractivity contribution in [1.29, 1.82) is 0 Å². The summed E-state index contributed by atoms with van der Waals surface area (Å²) in [6, 6.07) is 9.67. The van der Waals surface area contributed by atoms with Gasteiger partial charge >= 0.3 is 0 Å². The van der Waals surface area contributed by atoms with Crippen LogP contribution in [0.3, 0.4) is 0 Å². The van der Waals surface area contributed by atoms with E-state index in [4.69, 9.17) is 4.74 Å². The number of hydrogen-bond acceptors (Lipinski definition) is 4. The molecule has 0 bridgehead atoms. The number of aromatic nitrogens is 3. The summed E-state index contributed by atoms with van der Waals surface area (Å²) in [7, 11) is 1.93. The van der Waals surface area contributed by atoms with Crippen molar-refractivity contribution in [3.63, 3.8) is 0 Å². The lowest BCUT2D eigenvalue weighted by molar-refractivity contribution is 0.290. The second kappa shape index (κ2) is 6.77. The Kier molecular flexibility index (Phi) is 5.04. The predicted molar refractivity (Wildman–Crippen MR) is 80.6 cm³/mol. The summed E-state index contributed by atoms with van der Waals surface area (Å²) in [4.78, 5) is 0. The van der Waals surface area contributed by atoms with Crippen LogP contribution in [0.2, 0.25) is 0 Å². The maximum Gasteiger partial charge on any atom is 0.191 e. The lowest BCUT2D eigenvalue weighted by Gasteiger charge is -2.06. The third kappa shape index (κ3) is 4.11. The number of halogens is 1. The number of nitrogens with zero attached hydrogens (tertiary/aromatic N) is 3. The highest BCUT2D eigenvalue weighted by Gasteiger charge is 2.09. The molecule has 0 N–H and O–H groups in total. The summed E-state index contributed by atoms with van der Waals surface area (Å²) < 4.78 is 8.52. The zero-order valence-electron chi connectivity index (χ0n) is 10.5. The molecule has 1 heterocycles. The molecule has 1 aromatic carbocycles. The molecule has 0 amide bonds. The Morgan fingerprint density at radius 2 is 2.11 bits per heavy atom. The van der Waals surface area contributed by atoms with Gasteiger partial charge in [0, 0.05) is 12.8 Å². The normalized spacial score (nSPS) is 10.4. The molecule has 2 rings (SSSR count). The number of benzene rings is 1. The molecule has 0 saturated heterocycles. The van der Waals surface area contributed by atoms with E-state index in [-0.39, 0.29) is 0 Å². The highest BCUT2D eigenvalue weighted by atomic mass is 79.9. The Labute approximate surface area is 125 Å². The summed E-state index contributed by atoms with van der Waals surface area (Å²) in [5.41, 5.74) is 0. The average Bonchev–Trinajstić information content (AvgIpc) is 2.76. The van der Waals surface area contributed by atoms with Gasteiger partial charge in [0.25, 0.3) is 0 Å². The molecule has 19 heavy (non-hydrogen) atoms. The first-order valence-electron chi connectivity index (χ1n) is 5.69. The molecule has 6 heteroatoms. The zero-order chi connectivity index (χ0) is 13.7. The van der Waals surface area contributed by atoms with Crippen LogP contribution in [-0.4, -0.2) is 20.5 Å². The second-order valence-electron chi connectivity index (χ2n) is 3.87. The van der Waals surface area contributed by atoms with Gasteiger partial charge in [-0.2, -0.15) is 0 Å². The van der Waals surface area contributed by atoms with Crippen molar-refractivity contribution in [2.75, 3.05) is 5.75 Å². The quantitative estimate of drug-likeness (QED) is 0.756. The van der Waals surface area contributed by atoms with Crippen molar-refractivity contribution in [2.24, 2.45) is 7.05 Å². The fourth-order valence-corrected chi connectivity index (χ4v) is 2.43. The lowest BCUT2D eigenvalue weighted by atomic mass is 10.3. The first-order valence-corrected chi connectivity index (χ1v) is 7.47. The van der Waals surface area contributed by atoms with E-state index < -0.39 is 0 Å². The minimum atomic E-state index is 0.406. The van der Waals surface area contributed by atoms with Crippen LogP contribution in [0.5, 0.6) is 5.75 Å². The Balaban J connectivity index is 1.96. The van der Waals surface area contributed by atoms with Gasteiger partial charge in [0.1, 0.15) is 12.4 Å². The van der Waals surface area contributed by atoms with Gasteiger partial charge in [-0.3, -0.25) is 0 Å². The van der Waals surface area contributed by atoms with Crippen LogP contribution in [0, 0.1) is 0 Å². The summed E-state index contributed by atoms with van der Waals surface area (Å²) in [5.74, 6) is 2.39. The highest BCUT2D eigenvalue weighted by Crippen LogP contribution is 2.20. The van der Waals surface area contributed by atoms with Gasteiger partial charge in [-0.15, -0.1) is 10.2 Å². The molecule has 0 aliphatic rings. The number of thioether (sulfide) groups is 1. The summed E-state index contributed by atoms with van der Waals surface area (Å²) >= 11 is 4.91. The number of rotatable bonds is 6. The molecular formula is C13H14BrN3OS. The Bertz CT molecular complexity index is 556. The van der Waals surface area contributed by atoms with Crippen LogP contribution in [-0.2, 0) is 13.7 Å². The van der Waals surface area contributed by atoms with E-state index >= 15 is 0 Å². The second-order valence-corrected chi connectivity index (χ2v) is 5.93. The molecule has 0 aliphatic carbocycles. The van der Waals surface area contributed by atoms with E-state index in [1.54, 1.807) is 11.8 Å². The highest BCUT2D eigenvalue weighted by molar-refractivity contribution is 9.11. The SMILES string of the molecule is C=C(Br)CSc1nnc(COc2ccccc2)n1C. The first-order chi connectivity index (χ1) is 9.16. The molecule has 0 atom stereocenters. The molecule has 0 aliphatic heterocycles. The standard InChI is InChI=1S/C13H14BrN3OS/c1-10(14)9-19-13-16-15-12(17(13)2)8-18-11-6-4-3-5-7-11/h3-7H,1,8-9H2,2H3. The molecule has 2 aromatic rings. The van der Waals surface area contributed by atoms with E-state index in [0.29, 0.717) is 6.61 Å². The van der Waals surface area contributed by atoms with Crippen molar-refractivity contribution in [3.05, 3.63) is 47.2 Å². The molecule has 1 aromatic heterocycles. The number of ether oxygens (including phenoxy) is 1. The van der Waals surface area contributed by atoms with E-state index in [2.05, 4.69) is 32.7 Å².